The van der Waals surface area contributed by atoms with E-state index in [0.717, 1.165) is 33.0 Å². The molecule has 14 nitrogen and oxygen atoms in total. The van der Waals surface area contributed by atoms with Crippen LogP contribution >= 0.6 is 0 Å². The van der Waals surface area contributed by atoms with Gasteiger partial charge in [0.15, 0.2) is 0 Å². The van der Waals surface area contributed by atoms with Crippen molar-refractivity contribution in [1.29, 1.82) is 0 Å². The fourth-order valence-electron chi connectivity index (χ4n) is 7.55. The summed E-state index contributed by atoms with van der Waals surface area (Å²) >= 11 is 0. The Morgan fingerprint density at radius 1 is 0.852 bits per heavy atom. The van der Waals surface area contributed by atoms with Crippen LogP contribution in [-0.4, -0.2) is 98.6 Å². The van der Waals surface area contributed by atoms with Gasteiger partial charge in [-0.05, 0) is 72.9 Å². The van der Waals surface area contributed by atoms with E-state index in [4.69, 9.17) is 4.74 Å². The van der Waals surface area contributed by atoms with Crippen molar-refractivity contribution in [3.63, 3.8) is 0 Å². The van der Waals surface area contributed by atoms with Gasteiger partial charge in [-0.1, -0.05) is 108 Å². The van der Waals surface area contributed by atoms with Crippen LogP contribution in [0.3, 0.4) is 0 Å². The zero-order valence-electron chi connectivity index (χ0n) is 36.1. The number of amides is 6. The van der Waals surface area contributed by atoms with Crippen LogP contribution in [0.1, 0.15) is 70.0 Å². The molecule has 1 saturated heterocycles. The Kier molecular flexibility index (Phi) is 15.7. The highest BCUT2D eigenvalue weighted by Gasteiger charge is 2.45. The number of nitrogens with one attached hydrogen (secondary N) is 3. The normalized spacial score (nSPS) is 15.9. The second kappa shape index (κ2) is 20.9. The Bertz CT molecular complexity index is 2110. The van der Waals surface area contributed by atoms with Crippen LogP contribution in [0.25, 0.3) is 11.3 Å². The van der Waals surface area contributed by atoms with Gasteiger partial charge in [-0.3, -0.25) is 29.3 Å². The minimum absolute atomic E-state index is 0.00741. The van der Waals surface area contributed by atoms with Gasteiger partial charge in [0, 0.05) is 23.5 Å². The van der Waals surface area contributed by atoms with Gasteiger partial charge in [-0.2, -0.15) is 0 Å². The molecule has 6 amide bonds. The van der Waals surface area contributed by atoms with Crippen LogP contribution in [0.4, 0.5) is 9.59 Å². The zero-order chi connectivity index (χ0) is 44.3. The van der Waals surface area contributed by atoms with Crippen molar-refractivity contribution in [2.75, 3.05) is 13.7 Å². The van der Waals surface area contributed by atoms with Crippen LogP contribution in [0.2, 0.25) is 0 Å². The Hall–Kier alpha value is -6.15. The van der Waals surface area contributed by atoms with Gasteiger partial charge in [0.25, 0.3) is 5.91 Å². The lowest BCUT2D eigenvalue weighted by atomic mass is 9.85. The van der Waals surface area contributed by atoms with Crippen molar-refractivity contribution < 1.29 is 33.8 Å². The van der Waals surface area contributed by atoms with Gasteiger partial charge in [0.1, 0.15) is 18.6 Å². The van der Waals surface area contributed by atoms with Crippen LogP contribution in [0.15, 0.2) is 97.2 Å². The number of nitrogens with zero attached hydrogens (tertiary/aromatic N) is 4. The minimum atomic E-state index is -1.21. The summed E-state index contributed by atoms with van der Waals surface area (Å²) in [7, 11) is 1.22. The molecule has 324 valence electrons. The Morgan fingerprint density at radius 2 is 1.54 bits per heavy atom. The topological polar surface area (TPSA) is 183 Å². The quantitative estimate of drug-likeness (QED) is 0.0927. The smallest absolute Gasteiger partial charge is 0.407 e. The number of rotatable bonds is 18. The number of imide groups is 1. The van der Waals surface area contributed by atoms with E-state index in [9.17, 15) is 29.1 Å². The number of aliphatic hydroxyl groups excluding tert-OH is 1. The molecule has 4 N–H and O–H groups in total. The molecule has 0 aliphatic carbocycles. The fourth-order valence-corrected chi connectivity index (χ4v) is 7.55. The average Bonchev–Trinajstić information content (AvgIpc) is 3.50. The summed E-state index contributed by atoms with van der Waals surface area (Å²) in [5, 5.41) is 21.0. The maximum absolute atomic E-state index is 14.5. The van der Waals surface area contributed by atoms with E-state index in [-0.39, 0.29) is 31.8 Å². The maximum atomic E-state index is 14.5. The van der Waals surface area contributed by atoms with Crippen molar-refractivity contribution in [1.82, 2.24) is 35.7 Å². The Morgan fingerprint density at radius 3 is 2.16 bits per heavy atom. The summed E-state index contributed by atoms with van der Waals surface area (Å²) in [6.07, 6.45) is 0.825. The number of ether oxygens (including phenoxy) is 1. The van der Waals surface area contributed by atoms with Gasteiger partial charge in [0.05, 0.1) is 37.2 Å². The molecule has 0 saturated carbocycles. The summed E-state index contributed by atoms with van der Waals surface area (Å²) in [5.41, 5.74) is 4.00. The molecule has 0 spiro atoms. The van der Waals surface area contributed by atoms with Crippen molar-refractivity contribution in [2.24, 2.45) is 11.3 Å². The largest absolute Gasteiger partial charge is 0.453 e. The number of methoxy groups -OCH3 is 1. The lowest BCUT2D eigenvalue weighted by Crippen LogP contribution is -2.58. The number of aromatic nitrogens is 2. The van der Waals surface area contributed by atoms with E-state index in [1.54, 1.807) is 12.3 Å². The van der Waals surface area contributed by atoms with Gasteiger partial charge in [-0.25, -0.2) is 9.59 Å². The first-order valence-corrected chi connectivity index (χ1v) is 20.8. The number of benzene rings is 2. The van der Waals surface area contributed by atoms with Gasteiger partial charge < -0.3 is 30.7 Å². The summed E-state index contributed by atoms with van der Waals surface area (Å²) in [6.45, 7) is 10.8. The van der Waals surface area contributed by atoms with Crippen molar-refractivity contribution in [3.8, 4) is 11.3 Å². The zero-order valence-corrected chi connectivity index (χ0v) is 36.1. The SMILES string of the molecule is CCC(C)[C@@H](C(=O)N[C@@H](Cc1ccccc1)C[C@H](O)[C@H](Cc1ccc(-c2ccccn2)cc1)NC(=O)[C@@H](NC(=O)OC)C(C)(C)C)N1CC(=O)N(Cc2cccc(C)n2)C1=O. The molecule has 3 heterocycles. The number of carbonyl (C=O) groups is 5. The molecule has 1 aliphatic rings. The molecule has 14 heteroatoms. The van der Waals surface area contributed by atoms with E-state index in [0.29, 0.717) is 18.5 Å². The average molecular weight is 834 g/mol. The number of hydrogen-bond acceptors (Lipinski definition) is 9. The van der Waals surface area contributed by atoms with Gasteiger partial charge >= 0.3 is 12.1 Å². The molecular weight excluding hydrogens is 775 g/mol. The molecule has 0 radical (unpaired) electrons. The lowest BCUT2D eigenvalue weighted by Gasteiger charge is -2.35. The third kappa shape index (κ3) is 12.4. The first-order valence-electron chi connectivity index (χ1n) is 20.8. The number of hydrogen-bond donors (Lipinski definition) is 4. The number of urea groups is 1. The second-order valence-corrected chi connectivity index (χ2v) is 16.9. The molecule has 2 aromatic carbocycles. The van der Waals surface area contributed by atoms with Crippen LogP contribution in [-0.2, 0) is 38.5 Å². The maximum Gasteiger partial charge on any atom is 0.407 e. The van der Waals surface area contributed by atoms with Crippen molar-refractivity contribution in [2.45, 2.75) is 104 Å². The second-order valence-electron chi connectivity index (χ2n) is 16.9. The number of carbonyl (C=O) groups excluding carboxylic acids is 5. The predicted molar refractivity (Wildman–Crippen MR) is 232 cm³/mol. The Balaban J connectivity index is 1.43. The molecule has 5 rings (SSSR count). The van der Waals surface area contributed by atoms with E-state index < -0.39 is 65.5 Å². The van der Waals surface area contributed by atoms with Gasteiger partial charge in [-0.15, -0.1) is 0 Å². The first-order chi connectivity index (χ1) is 29.1. The first kappa shape index (κ1) is 45.9. The van der Waals surface area contributed by atoms with E-state index in [1.807, 2.05) is 126 Å². The van der Waals surface area contributed by atoms with Crippen LogP contribution in [0, 0.1) is 18.3 Å². The molecule has 1 unspecified atom stereocenters. The summed E-state index contributed by atoms with van der Waals surface area (Å²) < 4.78 is 4.82. The van der Waals surface area contributed by atoms with Crippen molar-refractivity contribution >= 4 is 29.8 Å². The third-order valence-corrected chi connectivity index (χ3v) is 11.1. The standard InChI is InChI=1S/C47H59N7O7/c1-8-30(2)41(54-29-40(56)53(46(54)60)28-35-18-14-15-31(3)49-35)43(57)50-36(25-32-16-10-9-11-17-32)27-39(55)38(51-44(58)42(47(4,5)6)52-45(59)61-7)26-33-20-22-34(23-21-33)37-19-12-13-24-48-37/h9-24,30,36,38-39,41-42,55H,8,25-29H2,1-7H3,(H,50,57)(H,51,58)(H,52,59)/t30?,36-,38-,39-,41-,42+/m0/s1. The van der Waals surface area contributed by atoms with Crippen LogP contribution < -0.4 is 16.0 Å². The Labute approximate surface area is 358 Å². The van der Waals surface area contributed by atoms with E-state index >= 15 is 0 Å². The lowest BCUT2D eigenvalue weighted by molar-refractivity contribution is -0.129. The highest BCUT2D eigenvalue weighted by Crippen LogP contribution is 2.25. The molecule has 6 atom stereocenters. The van der Waals surface area contributed by atoms with Crippen LogP contribution in [0.5, 0.6) is 0 Å². The summed E-state index contributed by atoms with van der Waals surface area (Å²) in [5.74, 6) is -1.73. The van der Waals surface area contributed by atoms with Gasteiger partial charge in [0.2, 0.25) is 11.8 Å². The molecule has 4 aromatic rings. The number of alkyl carbamates (subject to hydrolysis) is 1. The highest BCUT2D eigenvalue weighted by molar-refractivity contribution is 6.04. The molecule has 2 aromatic heterocycles. The van der Waals surface area contributed by atoms with E-state index in [2.05, 4.69) is 25.9 Å². The number of pyridine rings is 2. The van der Waals surface area contributed by atoms with Crippen molar-refractivity contribution in [3.05, 3.63) is 120 Å². The molecule has 1 fully saturated rings. The molecular formula is C47H59N7O7. The fraction of sp³-hybridized carbons (Fsp3) is 0.426. The number of aryl methyl sites for hydroxylation is 1. The highest BCUT2D eigenvalue weighted by atomic mass is 16.5. The monoisotopic (exact) mass is 833 g/mol. The number of aliphatic hydroxyl groups is 1. The third-order valence-electron chi connectivity index (χ3n) is 11.1. The molecule has 0 bridgehead atoms. The predicted octanol–water partition coefficient (Wildman–Crippen LogP) is 5.61. The summed E-state index contributed by atoms with van der Waals surface area (Å²) in [4.78, 5) is 79.6. The molecule has 61 heavy (non-hydrogen) atoms. The summed E-state index contributed by atoms with van der Waals surface area (Å²) in [6, 6.07) is 24.1. The molecule has 1 aliphatic heterocycles. The minimum Gasteiger partial charge on any atom is -0.453 e. The van der Waals surface area contributed by atoms with E-state index in [1.165, 1.54) is 12.0 Å².